The fourth-order valence-electron chi connectivity index (χ4n) is 3.35. The summed E-state index contributed by atoms with van der Waals surface area (Å²) >= 11 is 0. The van der Waals surface area contributed by atoms with E-state index in [0.717, 1.165) is 43.0 Å². The molecule has 0 aliphatic carbocycles. The van der Waals surface area contributed by atoms with Crippen molar-refractivity contribution >= 4 is 5.91 Å². The van der Waals surface area contributed by atoms with Gasteiger partial charge < -0.3 is 14.4 Å². The van der Waals surface area contributed by atoms with E-state index in [1.165, 1.54) is 0 Å². The fourth-order valence-corrected chi connectivity index (χ4v) is 3.35. The molecule has 1 aromatic carbocycles. The van der Waals surface area contributed by atoms with Gasteiger partial charge in [0.1, 0.15) is 5.75 Å². The van der Waals surface area contributed by atoms with E-state index in [1.54, 1.807) is 13.3 Å². The smallest absolute Gasteiger partial charge is 0.257 e. The highest BCUT2D eigenvalue weighted by Gasteiger charge is 2.25. The maximum Gasteiger partial charge on any atom is 0.257 e. The number of hydrogen-bond donors (Lipinski definition) is 0. The summed E-state index contributed by atoms with van der Waals surface area (Å²) in [5.41, 5.74) is 2.64. The third kappa shape index (κ3) is 4.07. The largest absolute Gasteiger partial charge is 0.497 e. The Balaban J connectivity index is 1.81. The SMILES string of the molecule is CCn1ncc(C(=O)N(Cc2ccc(OC)cc2)CC2CCCO2)c1C. The van der Waals surface area contributed by atoms with Gasteiger partial charge >= 0.3 is 0 Å². The molecule has 26 heavy (non-hydrogen) atoms. The molecule has 6 nitrogen and oxygen atoms in total. The first-order chi connectivity index (χ1) is 12.6. The highest BCUT2D eigenvalue weighted by molar-refractivity contribution is 5.95. The fraction of sp³-hybridized carbons (Fsp3) is 0.500. The van der Waals surface area contributed by atoms with Gasteiger partial charge in [-0.1, -0.05) is 12.1 Å². The summed E-state index contributed by atoms with van der Waals surface area (Å²) in [7, 11) is 1.65. The van der Waals surface area contributed by atoms with Crippen LogP contribution >= 0.6 is 0 Å². The van der Waals surface area contributed by atoms with Crippen LogP contribution in [0.4, 0.5) is 0 Å². The number of rotatable bonds is 7. The number of amides is 1. The van der Waals surface area contributed by atoms with Gasteiger partial charge in [0.2, 0.25) is 0 Å². The minimum atomic E-state index is 0.00789. The number of nitrogens with zero attached hydrogens (tertiary/aromatic N) is 3. The average molecular weight is 357 g/mol. The Labute approximate surface area is 154 Å². The molecule has 1 aliphatic heterocycles. The van der Waals surface area contributed by atoms with Crippen molar-refractivity contribution < 1.29 is 14.3 Å². The molecule has 140 valence electrons. The third-order valence-corrected chi connectivity index (χ3v) is 4.90. The normalized spacial score (nSPS) is 16.7. The minimum absolute atomic E-state index is 0.00789. The Kier molecular flexibility index (Phi) is 5.93. The lowest BCUT2D eigenvalue weighted by atomic mass is 10.1. The first kappa shape index (κ1) is 18.5. The van der Waals surface area contributed by atoms with E-state index in [0.29, 0.717) is 18.7 Å². The topological polar surface area (TPSA) is 56.6 Å². The number of carbonyl (C=O) groups is 1. The van der Waals surface area contributed by atoms with E-state index in [9.17, 15) is 4.79 Å². The van der Waals surface area contributed by atoms with Crippen molar-refractivity contribution in [2.75, 3.05) is 20.3 Å². The van der Waals surface area contributed by atoms with Crippen LogP contribution < -0.4 is 4.74 Å². The first-order valence-corrected chi connectivity index (χ1v) is 9.18. The quantitative estimate of drug-likeness (QED) is 0.764. The van der Waals surface area contributed by atoms with Crippen LogP contribution in [0.15, 0.2) is 30.5 Å². The molecule has 2 aromatic rings. The lowest BCUT2D eigenvalue weighted by Gasteiger charge is -2.25. The van der Waals surface area contributed by atoms with Crippen molar-refractivity contribution in [3.8, 4) is 5.75 Å². The molecule has 1 amide bonds. The number of benzene rings is 1. The second-order valence-electron chi connectivity index (χ2n) is 6.63. The number of methoxy groups -OCH3 is 1. The molecule has 0 bridgehead atoms. The van der Waals surface area contributed by atoms with Crippen LogP contribution in [-0.2, 0) is 17.8 Å². The third-order valence-electron chi connectivity index (χ3n) is 4.90. The molecule has 1 saturated heterocycles. The summed E-state index contributed by atoms with van der Waals surface area (Å²) in [6, 6.07) is 7.84. The molecule has 1 aliphatic rings. The van der Waals surface area contributed by atoms with E-state index in [-0.39, 0.29) is 12.0 Å². The van der Waals surface area contributed by atoms with Gasteiger partial charge in [-0.15, -0.1) is 0 Å². The van der Waals surface area contributed by atoms with Crippen LogP contribution in [0.1, 0.15) is 41.4 Å². The number of carbonyl (C=O) groups excluding carboxylic acids is 1. The highest BCUT2D eigenvalue weighted by atomic mass is 16.5. The summed E-state index contributed by atoms with van der Waals surface area (Å²) in [4.78, 5) is 15.1. The van der Waals surface area contributed by atoms with Gasteiger partial charge in [0, 0.05) is 31.9 Å². The Morgan fingerprint density at radius 2 is 2.15 bits per heavy atom. The maximum atomic E-state index is 13.2. The van der Waals surface area contributed by atoms with Crippen LogP contribution in [-0.4, -0.2) is 47.0 Å². The van der Waals surface area contributed by atoms with Crippen molar-refractivity contribution in [3.63, 3.8) is 0 Å². The molecule has 1 fully saturated rings. The van der Waals surface area contributed by atoms with Crippen LogP contribution in [0.25, 0.3) is 0 Å². The summed E-state index contributed by atoms with van der Waals surface area (Å²) in [6.07, 6.45) is 3.85. The van der Waals surface area contributed by atoms with Gasteiger partial charge in [0.05, 0.1) is 25.0 Å². The standard InChI is InChI=1S/C20H27N3O3/c1-4-23-15(2)19(12-21-23)20(24)22(14-18-6-5-11-26-18)13-16-7-9-17(25-3)10-8-16/h7-10,12,18H,4-6,11,13-14H2,1-3H3. The van der Waals surface area contributed by atoms with E-state index in [4.69, 9.17) is 9.47 Å². The van der Waals surface area contributed by atoms with Crippen molar-refractivity contribution in [3.05, 3.63) is 47.3 Å². The van der Waals surface area contributed by atoms with E-state index in [1.807, 2.05) is 47.7 Å². The lowest BCUT2D eigenvalue weighted by molar-refractivity contribution is 0.0506. The Morgan fingerprint density at radius 1 is 1.38 bits per heavy atom. The second-order valence-corrected chi connectivity index (χ2v) is 6.63. The van der Waals surface area contributed by atoms with E-state index in [2.05, 4.69) is 5.10 Å². The zero-order valence-corrected chi connectivity index (χ0v) is 15.8. The molecule has 1 atom stereocenters. The van der Waals surface area contributed by atoms with Gasteiger partial charge in [-0.3, -0.25) is 9.48 Å². The molecule has 3 rings (SSSR count). The molecule has 0 saturated carbocycles. The van der Waals surface area contributed by atoms with Crippen molar-refractivity contribution in [1.29, 1.82) is 0 Å². The van der Waals surface area contributed by atoms with Gasteiger partial charge in [0.15, 0.2) is 0 Å². The predicted octanol–water partition coefficient (Wildman–Crippen LogP) is 3.04. The van der Waals surface area contributed by atoms with Crippen LogP contribution in [0.5, 0.6) is 5.75 Å². The maximum absolute atomic E-state index is 13.2. The molecular formula is C20H27N3O3. The lowest BCUT2D eigenvalue weighted by Crippen LogP contribution is -2.37. The Morgan fingerprint density at radius 3 is 2.73 bits per heavy atom. The molecule has 1 aromatic heterocycles. The summed E-state index contributed by atoms with van der Waals surface area (Å²) in [5.74, 6) is 0.819. The molecule has 6 heteroatoms. The molecule has 2 heterocycles. The van der Waals surface area contributed by atoms with Crippen molar-refractivity contribution in [2.45, 2.75) is 45.9 Å². The predicted molar refractivity (Wildman–Crippen MR) is 99.3 cm³/mol. The molecule has 0 N–H and O–H groups in total. The van der Waals surface area contributed by atoms with E-state index >= 15 is 0 Å². The number of hydrogen-bond acceptors (Lipinski definition) is 4. The monoisotopic (exact) mass is 357 g/mol. The second kappa shape index (κ2) is 8.36. The van der Waals surface area contributed by atoms with Crippen LogP contribution in [0.3, 0.4) is 0 Å². The van der Waals surface area contributed by atoms with Gasteiger partial charge in [-0.25, -0.2) is 0 Å². The van der Waals surface area contributed by atoms with Gasteiger partial charge in [0.25, 0.3) is 5.91 Å². The zero-order chi connectivity index (χ0) is 18.5. The first-order valence-electron chi connectivity index (χ1n) is 9.18. The highest BCUT2D eigenvalue weighted by Crippen LogP contribution is 2.20. The zero-order valence-electron chi connectivity index (χ0n) is 15.8. The molecular weight excluding hydrogens is 330 g/mol. The number of aromatic nitrogens is 2. The van der Waals surface area contributed by atoms with Crippen LogP contribution in [0, 0.1) is 6.92 Å². The summed E-state index contributed by atoms with van der Waals surface area (Å²) in [6.45, 7) is 6.64. The minimum Gasteiger partial charge on any atom is -0.497 e. The molecule has 1 unspecified atom stereocenters. The average Bonchev–Trinajstić information content (AvgIpc) is 3.30. The van der Waals surface area contributed by atoms with E-state index < -0.39 is 0 Å². The van der Waals surface area contributed by atoms with Gasteiger partial charge in [-0.05, 0) is 44.4 Å². The Hall–Kier alpha value is -2.34. The number of aryl methyl sites for hydroxylation is 1. The van der Waals surface area contributed by atoms with Gasteiger partial charge in [-0.2, -0.15) is 5.10 Å². The number of ether oxygens (including phenoxy) is 2. The molecule has 0 spiro atoms. The Bertz CT molecular complexity index is 733. The summed E-state index contributed by atoms with van der Waals surface area (Å²) < 4.78 is 12.8. The summed E-state index contributed by atoms with van der Waals surface area (Å²) in [5, 5.41) is 4.32. The van der Waals surface area contributed by atoms with Crippen molar-refractivity contribution in [2.24, 2.45) is 0 Å². The van der Waals surface area contributed by atoms with Crippen LogP contribution in [0.2, 0.25) is 0 Å². The molecule has 0 radical (unpaired) electrons. The van der Waals surface area contributed by atoms with Crippen molar-refractivity contribution in [1.82, 2.24) is 14.7 Å².